The molecule has 0 radical (unpaired) electrons. The highest BCUT2D eigenvalue weighted by molar-refractivity contribution is 7.13. The molecule has 1 amide bonds. The van der Waals surface area contributed by atoms with E-state index in [-0.39, 0.29) is 18.9 Å². The molecule has 0 unspecified atom stereocenters. The summed E-state index contributed by atoms with van der Waals surface area (Å²) in [6, 6.07) is 17.2. The third kappa shape index (κ3) is 7.47. The van der Waals surface area contributed by atoms with Gasteiger partial charge in [0.1, 0.15) is 18.5 Å². The number of nitrogen functional groups attached to an aromatic ring is 1. The van der Waals surface area contributed by atoms with Gasteiger partial charge in [-0.2, -0.15) is 0 Å². The van der Waals surface area contributed by atoms with E-state index in [2.05, 4.69) is 15.6 Å². The monoisotopic (exact) mass is 426 g/mol. The Hall–Kier alpha value is -2.94. The van der Waals surface area contributed by atoms with Crippen LogP contribution in [0.1, 0.15) is 11.3 Å². The van der Waals surface area contributed by atoms with Gasteiger partial charge in [0.2, 0.25) is 5.91 Å². The Morgan fingerprint density at radius 3 is 2.63 bits per heavy atom. The van der Waals surface area contributed by atoms with Gasteiger partial charge in [-0.05, 0) is 42.8 Å². The molecule has 1 aromatic heterocycles. The van der Waals surface area contributed by atoms with Crippen molar-refractivity contribution in [3.05, 3.63) is 71.2 Å². The van der Waals surface area contributed by atoms with Crippen LogP contribution in [0.25, 0.3) is 0 Å². The first-order valence-electron chi connectivity index (χ1n) is 9.74. The highest BCUT2D eigenvalue weighted by Crippen LogP contribution is 2.14. The number of benzene rings is 2. The summed E-state index contributed by atoms with van der Waals surface area (Å²) in [6.07, 6.45) is 0.449. The number of carbonyl (C=O) groups excluding carboxylic acids is 1. The van der Waals surface area contributed by atoms with Crippen molar-refractivity contribution in [1.29, 1.82) is 0 Å². The van der Waals surface area contributed by atoms with Crippen LogP contribution in [-0.2, 0) is 17.6 Å². The molecular formula is C22H26N4O3S. The Morgan fingerprint density at radius 2 is 1.93 bits per heavy atom. The van der Waals surface area contributed by atoms with Gasteiger partial charge in [-0.15, -0.1) is 11.3 Å². The Balaban J connectivity index is 1.32. The van der Waals surface area contributed by atoms with E-state index in [4.69, 9.17) is 10.5 Å². The highest BCUT2D eigenvalue weighted by atomic mass is 32.1. The number of hydrogen-bond donors (Lipinski definition) is 4. The van der Waals surface area contributed by atoms with E-state index in [9.17, 15) is 9.90 Å². The van der Waals surface area contributed by atoms with Crippen molar-refractivity contribution in [1.82, 2.24) is 10.3 Å². The number of nitrogens with one attached hydrogen (secondary N) is 2. The van der Waals surface area contributed by atoms with Crippen LogP contribution < -0.4 is 21.1 Å². The number of ether oxygens (including phenoxy) is 1. The van der Waals surface area contributed by atoms with E-state index < -0.39 is 6.10 Å². The van der Waals surface area contributed by atoms with Crippen molar-refractivity contribution in [2.24, 2.45) is 0 Å². The number of amides is 1. The molecular weight excluding hydrogens is 400 g/mol. The van der Waals surface area contributed by atoms with Gasteiger partial charge in [-0.25, -0.2) is 4.98 Å². The lowest BCUT2D eigenvalue weighted by Crippen LogP contribution is -2.32. The minimum absolute atomic E-state index is 0.124. The van der Waals surface area contributed by atoms with Crippen LogP contribution in [0.5, 0.6) is 5.75 Å². The maximum atomic E-state index is 12.1. The zero-order chi connectivity index (χ0) is 21.2. The number of hydrogen-bond acceptors (Lipinski definition) is 7. The Morgan fingerprint density at radius 1 is 1.17 bits per heavy atom. The molecule has 0 aliphatic rings. The smallest absolute Gasteiger partial charge is 0.230 e. The molecule has 0 fully saturated rings. The van der Waals surface area contributed by atoms with Gasteiger partial charge in [-0.3, -0.25) is 4.79 Å². The van der Waals surface area contributed by atoms with E-state index in [1.165, 1.54) is 11.3 Å². The summed E-state index contributed by atoms with van der Waals surface area (Å²) < 4.78 is 5.53. The lowest BCUT2D eigenvalue weighted by atomic mass is 10.1. The normalized spacial score (nSPS) is 11.8. The van der Waals surface area contributed by atoms with Gasteiger partial charge in [0.05, 0.1) is 12.1 Å². The number of thiazole rings is 1. The molecule has 1 atom stereocenters. The summed E-state index contributed by atoms with van der Waals surface area (Å²) in [5, 5.41) is 18.3. The van der Waals surface area contributed by atoms with Crippen molar-refractivity contribution < 1.29 is 14.6 Å². The molecule has 2 aromatic carbocycles. The van der Waals surface area contributed by atoms with E-state index in [0.717, 1.165) is 30.0 Å². The predicted octanol–water partition coefficient (Wildman–Crippen LogP) is 2.48. The van der Waals surface area contributed by atoms with Crippen molar-refractivity contribution in [3.8, 4) is 5.75 Å². The van der Waals surface area contributed by atoms with Crippen LogP contribution >= 0.6 is 11.3 Å². The lowest BCUT2D eigenvalue weighted by Gasteiger charge is -2.13. The molecule has 3 aromatic rings. The topological polar surface area (TPSA) is 110 Å². The highest BCUT2D eigenvalue weighted by Gasteiger charge is 2.08. The van der Waals surface area contributed by atoms with Crippen LogP contribution in [0.3, 0.4) is 0 Å². The quantitative estimate of drug-likeness (QED) is 0.351. The summed E-state index contributed by atoms with van der Waals surface area (Å²) >= 11 is 1.33. The van der Waals surface area contributed by atoms with Gasteiger partial charge in [0, 0.05) is 17.6 Å². The number of carbonyl (C=O) groups is 1. The molecule has 5 N–H and O–H groups in total. The molecule has 1 heterocycles. The maximum Gasteiger partial charge on any atom is 0.230 e. The Labute approximate surface area is 179 Å². The Bertz CT molecular complexity index is 916. The first kappa shape index (κ1) is 21.8. The summed E-state index contributed by atoms with van der Waals surface area (Å²) in [5.74, 6) is 0.626. The standard InChI is InChI=1S/C22H26N4O3S/c23-22-26-18(15-30-22)12-21(28)25-17-8-6-16(7-9-17)10-11-24-13-19(27)14-29-20-4-2-1-3-5-20/h1-9,15,19,24,27H,10-14H2,(H2,23,26)(H,25,28)/t19-/m0/s1. The summed E-state index contributed by atoms with van der Waals surface area (Å²) in [4.78, 5) is 16.2. The molecule has 0 aliphatic carbocycles. The van der Waals surface area contributed by atoms with Crippen molar-refractivity contribution in [2.75, 3.05) is 30.7 Å². The average molecular weight is 427 g/mol. The first-order valence-corrected chi connectivity index (χ1v) is 10.6. The fraction of sp³-hybridized carbons (Fsp3) is 0.273. The fourth-order valence-electron chi connectivity index (χ4n) is 2.80. The zero-order valence-electron chi connectivity index (χ0n) is 16.6. The molecule has 7 nitrogen and oxygen atoms in total. The molecule has 158 valence electrons. The Kier molecular flexibility index (Phi) is 8.20. The third-order valence-electron chi connectivity index (χ3n) is 4.30. The SMILES string of the molecule is Nc1nc(CC(=O)Nc2ccc(CCNC[C@H](O)COc3ccccc3)cc2)cs1. The molecule has 3 rings (SSSR count). The number of para-hydroxylation sites is 1. The summed E-state index contributed by atoms with van der Waals surface area (Å²) in [6.45, 7) is 1.44. The average Bonchev–Trinajstić information content (AvgIpc) is 3.16. The first-order chi connectivity index (χ1) is 14.6. The van der Waals surface area contributed by atoms with Gasteiger partial charge >= 0.3 is 0 Å². The molecule has 30 heavy (non-hydrogen) atoms. The lowest BCUT2D eigenvalue weighted by molar-refractivity contribution is -0.115. The van der Waals surface area contributed by atoms with Crippen LogP contribution in [0.15, 0.2) is 60.0 Å². The second-order valence-electron chi connectivity index (χ2n) is 6.83. The van der Waals surface area contributed by atoms with Crippen LogP contribution in [0.4, 0.5) is 10.8 Å². The number of nitrogens with two attached hydrogens (primary N) is 1. The molecule has 0 aliphatic heterocycles. The second kappa shape index (κ2) is 11.3. The number of aromatic nitrogens is 1. The van der Waals surface area contributed by atoms with Crippen molar-refractivity contribution in [3.63, 3.8) is 0 Å². The summed E-state index contributed by atoms with van der Waals surface area (Å²) in [7, 11) is 0. The zero-order valence-corrected chi connectivity index (χ0v) is 17.4. The van der Waals surface area contributed by atoms with E-state index in [1.54, 1.807) is 5.38 Å². The van der Waals surface area contributed by atoms with Crippen molar-refractivity contribution >= 4 is 28.1 Å². The molecule has 8 heteroatoms. The van der Waals surface area contributed by atoms with E-state index >= 15 is 0 Å². The third-order valence-corrected chi connectivity index (χ3v) is 5.03. The minimum atomic E-state index is -0.573. The molecule has 0 saturated carbocycles. The number of aliphatic hydroxyl groups is 1. The second-order valence-corrected chi connectivity index (χ2v) is 7.72. The van der Waals surface area contributed by atoms with Gasteiger partial charge in [-0.1, -0.05) is 30.3 Å². The minimum Gasteiger partial charge on any atom is -0.491 e. The van der Waals surface area contributed by atoms with Crippen LogP contribution in [0.2, 0.25) is 0 Å². The van der Waals surface area contributed by atoms with Crippen molar-refractivity contribution in [2.45, 2.75) is 18.9 Å². The van der Waals surface area contributed by atoms with Gasteiger partial charge in [0.15, 0.2) is 5.13 Å². The predicted molar refractivity (Wildman–Crippen MR) is 120 cm³/mol. The number of nitrogens with zero attached hydrogens (tertiary/aromatic N) is 1. The number of rotatable bonds is 11. The maximum absolute atomic E-state index is 12.1. The van der Waals surface area contributed by atoms with E-state index in [0.29, 0.717) is 17.4 Å². The summed E-state index contributed by atoms with van der Waals surface area (Å²) in [5.41, 5.74) is 8.14. The molecule has 0 saturated heterocycles. The largest absolute Gasteiger partial charge is 0.491 e. The van der Waals surface area contributed by atoms with Gasteiger partial charge in [0.25, 0.3) is 0 Å². The van der Waals surface area contributed by atoms with Crippen LogP contribution in [-0.4, -0.2) is 41.8 Å². The van der Waals surface area contributed by atoms with Gasteiger partial charge < -0.3 is 26.2 Å². The molecule has 0 bridgehead atoms. The number of anilines is 2. The molecule has 0 spiro atoms. The fourth-order valence-corrected chi connectivity index (χ4v) is 3.36. The van der Waals surface area contributed by atoms with E-state index in [1.807, 2.05) is 54.6 Å². The number of aliphatic hydroxyl groups excluding tert-OH is 1. The van der Waals surface area contributed by atoms with Crippen LogP contribution in [0, 0.1) is 0 Å².